The van der Waals surface area contributed by atoms with E-state index in [9.17, 15) is 26.4 Å². The maximum absolute atomic E-state index is 14.2. The number of rotatable bonds is 6. The molecule has 1 aliphatic rings. The van der Waals surface area contributed by atoms with E-state index in [1.807, 2.05) is 0 Å². The van der Waals surface area contributed by atoms with E-state index >= 15 is 0 Å². The lowest BCUT2D eigenvalue weighted by Gasteiger charge is -2.26. The fraction of sp³-hybridized carbons (Fsp3) is 0.316. The van der Waals surface area contributed by atoms with Crippen molar-refractivity contribution < 1.29 is 31.1 Å². The molecule has 1 aliphatic heterocycles. The summed E-state index contributed by atoms with van der Waals surface area (Å²) in [6, 6.07) is 8.31. The first kappa shape index (κ1) is 21.1. The molecular formula is C19H19F3N2O4S. The highest BCUT2D eigenvalue weighted by Gasteiger charge is 2.29. The summed E-state index contributed by atoms with van der Waals surface area (Å²) >= 11 is 0. The Labute approximate surface area is 166 Å². The number of piperidine rings is 1. The van der Waals surface area contributed by atoms with Crippen molar-refractivity contribution in [2.75, 3.05) is 18.4 Å². The van der Waals surface area contributed by atoms with Crippen LogP contribution in [-0.4, -0.2) is 38.3 Å². The number of hydrogen-bond donors (Lipinski definition) is 1. The van der Waals surface area contributed by atoms with Crippen molar-refractivity contribution in [3.05, 3.63) is 53.8 Å². The highest BCUT2D eigenvalue weighted by atomic mass is 32.2. The maximum Gasteiger partial charge on any atom is 0.387 e. The Morgan fingerprint density at radius 1 is 1.03 bits per heavy atom. The second-order valence-corrected chi connectivity index (χ2v) is 8.37. The smallest absolute Gasteiger partial charge is 0.387 e. The molecule has 0 spiro atoms. The summed E-state index contributed by atoms with van der Waals surface area (Å²) in [7, 11) is -4.05. The predicted molar refractivity (Wildman–Crippen MR) is 100 cm³/mol. The molecule has 10 heteroatoms. The van der Waals surface area contributed by atoms with Gasteiger partial charge in [-0.05, 0) is 55.3 Å². The predicted octanol–water partition coefficient (Wildman–Crippen LogP) is 3.85. The number of nitrogens with zero attached hydrogens (tertiary/aromatic N) is 1. The molecule has 0 aromatic heterocycles. The summed E-state index contributed by atoms with van der Waals surface area (Å²) in [6.07, 6.45) is 2.32. The highest BCUT2D eigenvalue weighted by Crippen LogP contribution is 2.25. The third-order valence-corrected chi connectivity index (χ3v) is 6.38. The highest BCUT2D eigenvalue weighted by molar-refractivity contribution is 7.89. The molecule has 2 aromatic rings. The first-order chi connectivity index (χ1) is 13.8. The van der Waals surface area contributed by atoms with E-state index in [0.717, 1.165) is 18.6 Å². The molecule has 3 rings (SSSR count). The van der Waals surface area contributed by atoms with Gasteiger partial charge in [0.1, 0.15) is 16.5 Å². The zero-order valence-electron chi connectivity index (χ0n) is 15.3. The number of sulfonamides is 1. The van der Waals surface area contributed by atoms with Crippen molar-refractivity contribution in [2.45, 2.75) is 30.8 Å². The van der Waals surface area contributed by atoms with Gasteiger partial charge in [-0.2, -0.15) is 13.1 Å². The molecule has 1 fully saturated rings. The van der Waals surface area contributed by atoms with Crippen LogP contribution in [0.2, 0.25) is 0 Å². The summed E-state index contributed by atoms with van der Waals surface area (Å²) in [5, 5.41) is 2.50. The number of halogens is 3. The van der Waals surface area contributed by atoms with Crippen LogP contribution in [0.25, 0.3) is 0 Å². The summed E-state index contributed by atoms with van der Waals surface area (Å²) in [5.41, 5.74) is 0.233. The molecule has 0 aliphatic carbocycles. The van der Waals surface area contributed by atoms with Gasteiger partial charge in [-0.1, -0.05) is 6.42 Å². The standard InChI is InChI=1S/C19H19F3N2O4S/c20-16-9-4-13(12-17(16)29(26,27)24-10-2-1-3-11-24)18(25)23-14-5-7-15(8-6-14)28-19(21)22/h4-9,12,19H,1-3,10-11H2,(H,23,25). The molecule has 1 heterocycles. The molecule has 1 saturated heterocycles. The lowest BCUT2D eigenvalue weighted by Crippen LogP contribution is -2.36. The third-order valence-electron chi connectivity index (χ3n) is 4.46. The van der Waals surface area contributed by atoms with Crippen molar-refractivity contribution in [3.8, 4) is 5.75 Å². The van der Waals surface area contributed by atoms with Gasteiger partial charge in [-0.25, -0.2) is 12.8 Å². The average molecular weight is 428 g/mol. The molecule has 0 unspecified atom stereocenters. The minimum atomic E-state index is -4.05. The van der Waals surface area contributed by atoms with Crippen LogP contribution in [-0.2, 0) is 10.0 Å². The fourth-order valence-electron chi connectivity index (χ4n) is 3.01. The second kappa shape index (κ2) is 8.83. The molecule has 0 saturated carbocycles. The molecule has 0 radical (unpaired) electrons. The second-order valence-electron chi connectivity index (χ2n) is 6.47. The van der Waals surface area contributed by atoms with Crippen LogP contribution in [0.4, 0.5) is 18.9 Å². The number of amides is 1. The van der Waals surface area contributed by atoms with E-state index in [-0.39, 0.29) is 17.0 Å². The quantitative estimate of drug-likeness (QED) is 0.758. The topological polar surface area (TPSA) is 75.7 Å². The largest absolute Gasteiger partial charge is 0.435 e. The molecule has 0 atom stereocenters. The van der Waals surface area contributed by atoms with Crippen molar-refractivity contribution in [1.29, 1.82) is 0 Å². The van der Waals surface area contributed by atoms with Crippen molar-refractivity contribution in [2.24, 2.45) is 0 Å². The van der Waals surface area contributed by atoms with Gasteiger partial charge in [0.2, 0.25) is 10.0 Å². The zero-order valence-corrected chi connectivity index (χ0v) is 16.1. The SMILES string of the molecule is O=C(Nc1ccc(OC(F)F)cc1)c1ccc(F)c(S(=O)(=O)N2CCCCC2)c1. The average Bonchev–Trinajstić information content (AvgIpc) is 2.70. The van der Waals surface area contributed by atoms with Crippen LogP contribution < -0.4 is 10.1 Å². The van der Waals surface area contributed by atoms with E-state index < -0.39 is 33.3 Å². The summed E-state index contributed by atoms with van der Waals surface area (Å²) in [6.45, 7) is -2.34. The Morgan fingerprint density at radius 3 is 2.31 bits per heavy atom. The van der Waals surface area contributed by atoms with E-state index in [0.29, 0.717) is 25.9 Å². The molecule has 1 amide bonds. The Balaban J connectivity index is 1.79. The number of carbonyl (C=O) groups is 1. The molecule has 0 bridgehead atoms. The van der Waals surface area contributed by atoms with Gasteiger partial charge in [0.05, 0.1) is 0 Å². The number of hydrogen-bond acceptors (Lipinski definition) is 4. The van der Waals surface area contributed by atoms with Crippen molar-refractivity contribution >= 4 is 21.6 Å². The van der Waals surface area contributed by atoms with Crippen molar-refractivity contribution in [3.63, 3.8) is 0 Å². The number of carbonyl (C=O) groups excluding carboxylic acids is 1. The Bertz CT molecular complexity index is 975. The number of anilines is 1. The van der Waals surface area contributed by atoms with Gasteiger partial charge in [-0.15, -0.1) is 0 Å². The molecule has 156 valence electrons. The summed E-state index contributed by atoms with van der Waals surface area (Å²) in [4.78, 5) is 11.9. The molecule has 29 heavy (non-hydrogen) atoms. The molecule has 2 aromatic carbocycles. The summed E-state index contributed by atoms with van der Waals surface area (Å²) in [5.74, 6) is -1.67. The normalized spacial score (nSPS) is 15.3. The van der Waals surface area contributed by atoms with Crippen LogP contribution in [0.15, 0.2) is 47.4 Å². The molecular weight excluding hydrogens is 409 g/mol. The Hall–Kier alpha value is -2.59. The minimum absolute atomic E-state index is 0.0464. The van der Waals surface area contributed by atoms with Gasteiger partial charge in [0, 0.05) is 24.3 Å². The Morgan fingerprint density at radius 2 is 1.69 bits per heavy atom. The van der Waals surface area contributed by atoms with Crippen molar-refractivity contribution in [1.82, 2.24) is 4.31 Å². The van der Waals surface area contributed by atoms with Crippen LogP contribution >= 0.6 is 0 Å². The first-order valence-electron chi connectivity index (χ1n) is 8.93. The fourth-order valence-corrected chi connectivity index (χ4v) is 4.62. The third kappa shape index (κ3) is 5.07. The summed E-state index contributed by atoms with van der Waals surface area (Å²) < 4.78 is 69.5. The van der Waals surface area contributed by atoms with Gasteiger partial charge in [0.15, 0.2) is 0 Å². The Kier molecular flexibility index (Phi) is 6.43. The zero-order chi connectivity index (χ0) is 21.0. The van der Waals surface area contributed by atoms with Crippen LogP contribution in [0.1, 0.15) is 29.6 Å². The van der Waals surface area contributed by atoms with Gasteiger partial charge < -0.3 is 10.1 Å². The van der Waals surface area contributed by atoms with E-state index in [1.165, 1.54) is 34.6 Å². The number of ether oxygens (including phenoxy) is 1. The van der Waals surface area contributed by atoms with Crippen LogP contribution in [0.3, 0.4) is 0 Å². The van der Waals surface area contributed by atoms with Crippen LogP contribution in [0.5, 0.6) is 5.75 Å². The van der Waals surface area contributed by atoms with Gasteiger partial charge in [-0.3, -0.25) is 4.79 Å². The maximum atomic E-state index is 14.2. The lowest BCUT2D eigenvalue weighted by molar-refractivity contribution is -0.0498. The van der Waals surface area contributed by atoms with Gasteiger partial charge >= 0.3 is 6.61 Å². The number of benzene rings is 2. The molecule has 1 N–H and O–H groups in total. The number of nitrogens with one attached hydrogen (secondary N) is 1. The molecule has 6 nitrogen and oxygen atoms in total. The number of alkyl halides is 2. The van der Waals surface area contributed by atoms with Gasteiger partial charge in [0.25, 0.3) is 5.91 Å². The minimum Gasteiger partial charge on any atom is -0.435 e. The lowest BCUT2D eigenvalue weighted by atomic mass is 10.2. The monoisotopic (exact) mass is 428 g/mol. The van der Waals surface area contributed by atoms with E-state index in [1.54, 1.807) is 0 Å². The van der Waals surface area contributed by atoms with Crippen LogP contribution in [0, 0.1) is 5.82 Å². The van der Waals surface area contributed by atoms with E-state index in [2.05, 4.69) is 10.1 Å². The van der Waals surface area contributed by atoms with E-state index in [4.69, 9.17) is 0 Å². The first-order valence-corrected chi connectivity index (χ1v) is 10.4.